The van der Waals surface area contributed by atoms with E-state index in [-0.39, 0.29) is 23.9 Å². The van der Waals surface area contributed by atoms with E-state index in [2.05, 4.69) is 27.0 Å². The molecular weight excluding hydrogens is 378 g/mol. The summed E-state index contributed by atoms with van der Waals surface area (Å²) in [5, 5.41) is 9.10. The molecule has 0 spiro atoms. The summed E-state index contributed by atoms with van der Waals surface area (Å²) in [5.41, 5.74) is 9.94. The number of nitrogens with zero attached hydrogens (tertiary/aromatic N) is 1. The van der Waals surface area contributed by atoms with Gasteiger partial charge < -0.3 is 21.7 Å². The van der Waals surface area contributed by atoms with Gasteiger partial charge in [-0.1, -0.05) is 42.5 Å². The molecular formula is C23H27N5O2. The zero-order valence-corrected chi connectivity index (χ0v) is 17.0. The van der Waals surface area contributed by atoms with Gasteiger partial charge in [0.15, 0.2) is 0 Å². The van der Waals surface area contributed by atoms with E-state index in [0.717, 1.165) is 35.2 Å². The predicted octanol–water partition coefficient (Wildman–Crippen LogP) is 1.72. The molecule has 3 atom stereocenters. The maximum Gasteiger partial charge on any atom is 0.242 e. The number of carbonyl (C=O) groups is 2. The highest BCUT2D eigenvalue weighted by molar-refractivity contribution is 5.91. The van der Waals surface area contributed by atoms with Crippen molar-refractivity contribution in [1.29, 1.82) is 0 Å². The Balaban J connectivity index is 1.33. The molecule has 2 amide bonds. The number of pyridine rings is 1. The molecule has 4 rings (SSSR count). The Morgan fingerprint density at radius 1 is 1.20 bits per heavy atom. The molecule has 2 unspecified atom stereocenters. The number of nitrogen functional groups attached to an aromatic ring is 1. The number of amides is 2. The smallest absolute Gasteiger partial charge is 0.242 e. The van der Waals surface area contributed by atoms with Crippen molar-refractivity contribution in [3.8, 4) is 0 Å². The second-order valence-electron chi connectivity index (χ2n) is 7.86. The van der Waals surface area contributed by atoms with Gasteiger partial charge in [-0.3, -0.25) is 9.59 Å². The molecule has 5 N–H and O–H groups in total. The zero-order chi connectivity index (χ0) is 21.1. The molecule has 1 aromatic carbocycles. The van der Waals surface area contributed by atoms with Crippen LogP contribution in [0.1, 0.15) is 42.6 Å². The SMILES string of the molecule is CC(NC(=O)[C@H]1CC(c2ccccc2)=CCN1)C(=O)NC1CCc2nc(N)ccc21. The van der Waals surface area contributed by atoms with E-state index < -0.39 is 6.04 Å². The summed E-state index contributed by atoms with van der Waals surface area (Å²) >= 11 is 0. The summed E-state index contributed by atoms with van der Waals surface area (Å²) in [6.07, 6.45) is 4.26. The number of aromatic nitrogens is 1. The van der Waals surface area contributed by atoms with Crippen LogP contribution in [-0.4, -0.2) is 35.4 Å². The average molecular weight is 406 g/mol. The predicted molar refractivity (Wildman–Crippen MR) is 116 cm³/mol. The minimum atomic E-state index is -0.629. The highest BCUT2D eigenvalue weighted by Gasteiger charge is 2.29. The van der Waals surface area contributed by atoms with E-state index in [4.69, 9.17) is 5.73 Å². The van der Waals surface area contributed by atoms with E-state index in [1.165, 1.54) is 0 Å². The highest BCUT2D eigenvalue weighted by Crippen LogP contribution is 2.30. The third kappa shape index (κ3) is 4.36. The molecule has 1 aromatic heterocycles. The summed E-state index contributed by atoms with van der Waals surface area (Å²) in [7, 11) is 0. The van der Waals surface area contributed by atoms with Gasteiger partial charge in [0.2, 0.25) is 11.8 Å². The monoisotopic (exact) mass is 405 g/mol. The fourth-order valence-electron chi connectivity index (χ4n) is 4.08. The minimum absolute atomic E-state index is 0.0969. The Labute approximate surface area is 176 Å². The van der Waals surface area contributed by atoms with Crippen molar-refractivity contribution in [3.05, 3.63) is 65.4 Å². The molecule has 2 aromatic rings. The van der Waals surface area contributed by atoms with E-state index in [9.17, 15) is 9.59 Å². The Morgan fingerprint density at radius 3 is 2.80 bits per heavy atom. The molecule has 30 heavy (non-hydrogen) atoms. The van der Waals surface area contributed by atoms with Gasteiger partial charge in [-0.2, -0.15) is 0 Å². The first kappa shape index (κ1) is 20.1. The number of benzene rings is 1. The lowest BCUT2D eigenvalue weighted by Gasteiger charge is -2.26. The van der Waals surface area contributed by atoms with Crippen molar-refractivity contribution >= 4 is 23.2 Å². The normalized spacial score (nSPS) is 21.3. The zero-order valence-electron chi connectivity index (χ0n) is 17.0. The summed E-state index contributed by atoms with van der Waals surface area (Å²) in [6, 6.07) is 12.6. The topological polar surface area (TPSA) is 109 Å². The Bertz CT molecular complexity index is 973. The summed E-state index contributed by atoms with van der Waals surface area (Å²) < 4.78 is 0. The first-order valence-corrected chi connectivity index (χ1v) is 10.3. The van der Waals surface area contributed by atoms with Gasteiger partial charge in [-0.15, -0.1) is 0 Å². The summed E-state index contributed by atoms with van der Waals surface area (Å²) in [5.74, 6) is 0.123. The standard InChI is InChI=1S/C23H27N5O2/c1-14(22(29)28-19-9-8-18-17(19)7-10-21(24)27-18)26-23(30)20-13-16(11-12-25-20)15-5-3-2-4-6-15/h2-7,10-11,14,19-20,25H,8-9,12-13H2,1H3,(H2,24,27)(H,26,30)(H,28,29)/t14?,19?,20-/m1/s1. The van der Waals surface area contributed by atoms with E-state index in [1.807, 2.05) is 36.4 Å². The number of carbonyl (C=O) groups excluding carboxylic acids is 2. The number of rotatable bonds is 5. The van der Waals surface area contributed by atoms with E-state index in [1.54, 1.807) is 13.0 Å². The van der Waals surface area contributed by atoms with Gasteiger partial charge in [0.25, 0.3) is 0 Å². The van der Waals surface area contributed by atoms with E-state index >= 15 is 0 Å². The maximum atomic E-state index is 12.8. The maximum absolute atomic E-state index is 12.8. The van der Waals surface area contributed by atoms with Crippen molar-refractivity contribution in [2.24, 2.45) is 0 Å². The van der Waals surface area contributed by atoms with Gasteiger partial charge >= 0.3 is 0 Å². The van der Waals surface area contributed by atoms with Crippen LogP contribution in [0.15, 0.2) is 48.5 Å². The third-order valence-corrected chi connectivity index (χ3v) is 5.74. The molecule has 0 saturated carbocycles. The molecule has 156 valence electrons. The number of nitrogens with two attached hydrogens (primary N) is 1. The third-order valence-electron chi connectivity index (χ3n) is 5.74. The number of nitrogens with one attached hydrogen (secondary N) is 3. The molecule has 1 aliphatic heterocycles. The fraction of sp³-hybridized carbons (Fsp3) is 0.348. The van der Waals surface area contributed by atoms with Crippen LogP contribution in [0.3, 0.4) is 0 Å². The molecule has 1 aliphatic carbocycles. The van der Waals surface area contributed by atoms with Crippen molar-refractivity contribution in [3.63, 3.8) is 0 Å². The largest absolute Gasteiger partial charge is 0.384 e. The molecule has 2 heterocycles. The molecule has 7 heteroatoms. The molecule has 0 radical (unpaired) electrons. The molecule has 0 bridgehead atoms. The first-order chi connectivity index (χ1) is 14.5. The Hall–Kier alpha value is -3.19. The lowest BCUT2D eigenvalue weighted by molar-refractivity contribution is -0.130. The van der Waals surface area contributed by atoms with Crippen LogP contribution in [0.2, 0.25) is 0 Å². The highest BCUT2D eigenvalue weighted by atomic mass is 16.2. The van der Waals surface area contributed by atoms with Crippen molar-refractivity contribution in [2.75, 3.05) is 12.3 Å². The number of anilines is 1. The van der Waals surface area contributed by atoms with Crippen molar-refractivity contribution in [1.82, 2.24) is 20.9 Å². The lowest BCUT2D eigenvalue weighted by Crippen LogP contribution is -2.52. The van der Waals surface area contributed by atoms with Crippen LogP contribution in [0.4, 0.5) is 5.82 Å². The number of hydrogen-bond acceptors (Lipinski definition) is 5. The van der Waals surface area contributed by atoms with Crippen LogP contribution in [0.25, 0.3) is 5.57 Å². The van der Waals surface area contributed by atoms with Gasteiger partial charge in [0.05, 0.1) is 12.1 Å². The van der Waals surface area contributed by atoms with Gasteiger partial charge in [0.1, 0.15) is 11.9 Å². The Kier molecular flexibility index (Phi) is 5.81. The number of aryl methyl sites for hydroxylation is 1. The quantitative estimate of drug-likeness (QED) is 0.606. The molecule has 0 fully saturated rings. The molecule has 0 saturated heterocycles. The first-order valence-electron chi connectivity index (χ1n) is 10.3. The minimum Gasteiger partial charge on any atom is -0.384 e. The number of fused-ring (bicyclic) bond motifs is 1. The molecule has 2 aliphatic rings. The lowest BCUT2D eigenvalue weighted by atomic mass is 9.95. The van der Waals surface area contributed by atoms with Crippen LogP contribution < -0.4 is 21.7 Å². The van der Waals surface area contributed by atoms with Gasteiger partial charge in [0, 0.05) is 12.2 Å². The van der Waals surface area contributed by atoms with Gasteiger partial charge in [-0.05, 0) is 49.0 Å². The van der Waals surface area contributed by atoms with Crippen molar-refractivity contribution < 1.29 is 9.59 Å². The summed E-state index contributed by atoms with van der Waals surface area (Å²) in [6.45, 7) is 2.33. The average Bonchev–Trinajstić information content (AvgIpc) is 3.16. The fourth-order valence-corrected chi connectivity index (χ4v) is 4.08. The van der Waals surface area contributed by atoms with Crippen molar-refractivity contribution in [2.45, 2.75) is 44.3 Å². The number of hydrogen-bond donors (Lipinski definition) is 4. The second-order valence-corrected chi connectivity index (χ2v) is 7.86. The Morgan fingerprint density at radius 2 is 2.00 bits per heavy atom. The summed E-state index contributed by atoms with van der Waals surface area (Å²) in [4.78, 5) is 29.8. The van der Waals surface area contributed by atoms with Crippen LogP contribution in [-0.2, 0) is 16.0 Å². The van der Waals surface area contributed by atoms with E-state index in [0.29, 0.717) is 18.8 Å². The molecule has 7 nitrogen and oxygen atoms in total. The van der Waals surface area contributed by atoms with Gasteiger partial charge in [-0.25, -0.2) is 4.98 Å². The second kappa shape index (κ2) is 8.67. The van der Waals surface area contributed by atoms with Crippen LogP contribution in [0, 0.1) is 0 Å². The van der Waals surface area contributed by atoms with Crippen LogP contribution >= 0.6 is 0 Å². The van der Waals surface area contributed by atoms with Crippen LogP contribution in [0.5, 0.6) is 0 Å².